The number of nitrogens with zero attached hydrogens (tertiary/aromatic N) is 2. The van der Waals surface area contributed by atoms with E-state index in [2.05, 4.69) is 10.4 Å². The Morgan fingerprint density at radius 2 is 2.33 bits per heavy atom. The van der Waals surface area contributed by atoms with E-state index in [0.29, 0.717) is 13.2 Å². The molecule has 0 amide bonds. The maximum Gasteiger partial charge on any atom is 0.159 e. The Morgan fingerprint density at radius 3 is 2.87 bits per heavy atom. The van der Waals surface area contributed by atoms with Crippen molar-refractivity contribution in [2.24, 2.45) is 7.05 Å². The monoisotopic (exact) mass is 211 g/mol. The Balaban J connectivity index is 1.97. The Labute approximate surface area is 89.4 Å². The molecule has 5 nitrogen and oxygen atoms in total. The van der Waals surface area contributed by atoms with Crippen molar-refractivity contribution < 1.29 is 9.47 Å². The van der Waals surface area contributed by atoms with E-state index in [-0.39, 0.29) is 12.3 Å². The summed E-state index contributed by atoms with van der Waals surface area (Å²) in [6.45, 7) is 1.40. The van der Waals surface area contributed by atoms with Crippen molar-refractivity contribution >= 4 is 0 Å². The molecule has 1 unspecified atom stereocenters. The second kappa shape index (κ2) is 4.74. The van der Waals surface area contributed by atoms with Gasteiger partial charge < -0.3 is 14.8 Å². The highest BCUT2D eigenvalue weighted by Crippen LogP contribution is 2.20. The van der Waals surface area contributed by atoms with Gasteiger partial charge in [0.15, 0.2) is 6.29 Å². The number of rotatable bonds is 4. The number of aromatic nitrogens is 2. The zero-order chi connectivity index (χ0) is 10.7. The van der Waals surface area contributed by atoms with Crippen LogP contribution in [-0.2, 0) is 16.5 Å². The van der Waals surface area contributed by atoms with Crippen molar-refractivity contribution in [1.82, 2.24) is 15.1 Å². The average molecular weight is 211 g/mol. The lowest BCUT2D eigenvalue weighted by Gasteiger charge is -2.17. The average Bonchev–Trinajstić information content (AvgIpc) is 2.85. The molecule has 1 atom stereocenters. The van der Waals surface area contributed by atoms with Crippen molar-refractivity contribution in [2.75, 3.05) is 20.3 Å². The van der Waals surface area contributed by atoms with Crippen LogP contribution in [0.25, 0.3) is 0 Å². The second-order valence-corrected chi connectivity index (χ2v) is 3.66. The first-order valence-corrected chi connectivity index (χ1v) is 5.19. The lowest BCUT2D eigenvalue weighted by atomic mass is 10.1. The van der Waals surface area contributed by atoms with Crippen molar-refractivity contribution in [3.63, 3.8) is 0 Å². The minimum atomic E-state index is -0.0931. The van der Waals surface area contributed by atoms with Crippen molar-refractivity contribution in [3.8, 4) is 0 Å². The first-order valence-electron chi connectivity index (χ1n) is 5.19. The summed E-state index contributed by atoms with van der Waals surface area (Å²) < 4.78 is 12.6. The molecule has 1 fully saturated rings. The van der Waals surface area contributed by atoms with Gasteiger partial charge in [0.2, 0.25) is 0 Å². The van der Waals surface area contributed by atoms with Crippen LogP contribution in [0, 0.1) is 0 Å². The highest BCUT2D eigenvalue weighted by atomic mass is 16.7. The fraction of sp³-hybridized carbons (Fsp3) is 0.700. The van der Waals surface area contributed by atoms with Gasteiger partial charge in [-0.15, -0.1) is 0 Å². The quantitative estimate of drug-likeness (QED) is 0.785. The van der Waals surface area contributed by atoms with Gasteiger partial charge in [-0.2, -0.15) is 5.10 Å². The predicted molar refractivity (Wildman–Crippen MR) is 55.3 cm³/mol. The van der Waals surface area contributed by atoms with Gasteiger partial charge in [0.1, 0.15) is 0 Å². The highest BCUT2D eigenvalue weighted by molar-refractivity contribution is 5.05. The van der Waals surface area contributed by atoms with Crippen LogP contribution in [0.15, 0.2) is 12.3 Å². The summed E-state index contributed by atoms with van der Waals surface area (Å²) in [4.78, 5) is 0. The Kier molecular flexibility index (Phi) is 3.35. The van der Waals surface area contributed by atoms with Gasteiger partial charge in [-0.1, -0.05) is 0 Å². The number of ether oxygens (including phenoxy) is 2. The van der Waals surface area contributed by atoms with E-state index in [9.17, 15) is 0 Å². The zero-order valence-corrected chi connectivity index (χ0v) is 9.14. The largest absolute Gasteiger partial charge is 0.350 e. The van der Waals surface area contributed by atoms with Crippen LogP contribution in [0.2, 0.25) is 0 Å². The molecule has 0 radical (unpaired) electrons. The third-order valence-electron chi connectivity index (χ3n) is 2.56. The lowest BCUT2D eigenvalue weighted by Crippen LogP contribution is -2.23. The fourth-order valence-corrected chi connectivity index (χ4v) is 1.74. The van der Waals surface area contributed by atoms with E-state index in [4.69, 9.17) is 9.47 Å². The molecule has 2 heterocycles. The normalized spacial score (nSPS) is 19.6. The predicted octanol–water partition coefficient (Wildman–Crippen LogP) is 0.444. The van der Waals surface area contributed by atoms with Crippen LogP contribution in [0.3, 0.4) is 0 Å². The topological polar surface area (TPSA) is 48.3 Å². The highest BCUT2D eigenvalue weighted by Gasteiger charge is 2.22. The molecular weight excluding hydrogens is 194 g/mol. The number of aryl methyl sites for hydroxylation is 1. The Morgan fingerprint density at radius 1 is 1.60 bits per heavy atom. The van der Waals surface area contributed by atoms with E-state index in [1.807, 2.05) is 26.4 Å². The molecule has 84 valence electrons. The molecule has 1 aliphatic heterocycles. The van der Waals surface area contributed by atoms with Gasteiger partial charge in [-0.3, -0.25) is 4.68 Å². The molecule has 1 saturated heterocycles. The van der Waals surface area contributed by atoms with E-state index in [1.165, 1.54) is 0 Å². The maximum absolute atomic E-state index is 5.42. The Hall–Kier alpha value is -0.910. The summed E-state index contributed by atoms with van der Waals surface area (Å²) in [5.41, 5.74) is 1.03. The van der Waals surface area contributed by atoms with E-state index in [0.717, 1.165) is 12.1 Å². The van der Waals surface area contributed by atoms with Crippen LogP contribution in [0.4, 0.5) is 0 Å². The first-order chi connectivity index (χ1) is 7.29. The molecule has 0 aliphatic carbocycles. The molecule has 1 aromatic heterocycles. The smallest absolute Gasteiger partial charge is 0.159 e. The van der Waals surface area contributed by atoms with Crippen LogP contribution < -0.4 is 5.32 Å². The second-order valence-electron chi connectivity index (χ2n) is 3.66. The fourth-order valence-electron chi connectivity index (χ4n) is 1.74. The Bertz CT molecular complexity index is 307. The van der Waals surface area contributed by atoms with E-state index < -0.39 is 0 Å². The van der Waals surface area contributed by atoms with E-state index >= 15 is 0 Å². The van der Waals surface area contributed by atoms with Crippen LogP contribution in [-0.4, -0.2) is 36.3 Å². The van der Waals surface area contributed by atoms with Crippen molar-refractivity contribution in [2.45, 2.75) is 18.8 Å². The molecule has 1 N–H and O–H groups in total. The molecule has 1 aliphatic rings. The minimum absolute atomic E-state index is 0.0931. The van der Waals surface area contributed by atoms with Gasteiger partial charge in [0, 0.05) is 19.7 Å². The summed E-state index contributed by atoms with van der Waals surface area (Å²) >= 11 is 0. The molecule has 0 bridgehead atoms. The third-order valence-corrected chi connectivity index (χ3v) is 2.56. The molecule has 2 rings (SSSR count). The minimum Gasteiger partial charge on any atom is -0.350 e. The van der Waals surface area contributed by atoms with Gasteiger partial charge in [-0.25, -0.2) is 0 Å². The van der Waals surface area contributed by atoms with Crippen molar-refractivity contribution in [3.05, 3.63) is 18.0 Å². The van der Waals surface area contributed by atoms with E-state index in [1.54, 1.807) is 4.68 Å². The molecule has 15 heavy (non-hydrogen) atoms. The van der Waals surface area contributed by atoms with Gasteiger partial charge >= 0.3 is 0 Å². The molecule has 0 aromatic carbocycles. The summed E-state index contributed by atoms with van der Waals surface area (Å²) in [6.07, 6.45) is 2.65. The molecule has 1 aromatic rings. The maximum atomic E-state index is 5.42. The number of nitrogens with one attached hydrogen (secondary N) is 1. The summed E-state index contributed by atoms with van der Waals surface area (Å²) in [5.74, 6) is 0. The summed E-state index contributed by atoms with van der Waals surface area (Å²) in [5, 5.41) is 7.59. The van der Waals surface area contributed by atoms with Crippen LogP contribution >= 0.6 is 0 Å². The molecule has 0 saturated carbocycles. The third kappa shape index (κ3) is 2.56. The van der Waals surface area contributed by atoms with Gasteiger partial charge in [0.25, 0.3) is 0 Å². The van der Waals surface area contributed by atoms with Crippen molar-refractivity contribution in [1.29, 1.82) is 0 Å². The first kappa shape index (κ1) is 10.6. The molecular formula is C10H17N3O2. The lowest BCUT2D eigenvalue weighted by molar-refractivity contribution is -0.0528. The standard InChI is InChI=1S/C10H17N3O2/c1-11-9(7-10-14-5-6-15-10)8-3-4-13(2)12-8/h3-4,9-11H,5-7H2,1-2H3. The molecule has 5 heteroatoms. The molecule has 0 spiro atoms. The zero-order valence-electron chi connectivity index (χ0n) is 9.14. The SMILES string of the molecule is CNC(CC1OCCO1)c1ccn(C)n1. The number of hydrogen-bond donors (Lipinski definition) is 1. The van der Waals surface area contributed by atoms with Gasteiger partial charge in [0.05, 0.1) is 24.9 Å². The van der Waals surface area contributed by atoms with Crippen LogP contribution in [0.1, 0.15) is 18.2 Å². The summed E-state index contributed by atoms with van der Waals surface area (Å²) in [6, 6.07) is 2.20. The van der Waals surface area contributed by atoms with Crippen LogP contribution in [0.5, 0.6) is 0 Å². The summed E-state index contributed by atoms with van der Waals surface area (Å²) in [7, 11) is 3.84. The number of hydrogen-bond acceptors (Lipinski definition) is 4. The van der Waals surface area contributed by atoms with Gasteiger partial charge in [-0.05, 0) is 13.1 Å².